The van der Waals surface area contributed by atoms with E-state index in [0.29, 0.717) is 0 Å². The molecule has 1 fully saturated rings. The number of rotatable bonds is 3. The van der Waals surface area contributed by atoms with E-state index in [1.807, 2.05) is 13.8 Å². The van der Waals surface area contributed by atoms with Crippen LogP contribution in [0.1, 0.15) is 51.1 Å². The highest BCUT2D eigenvalue weighted by Gasteiger charge is 2.35. The van der Waals surface area contributed by atoms with Gasteiger partial charge in [0.15, 0.2) is 0 Å². The molecule has 2 rings (SSSR count). The third-order valence-corrected chi connectivity index (χ3v) is 4.48. The van der Waals surface area contributed by atoms with Crippen LogP contribution in [0, 0.1) is 11.6 Å². The molecule has 1 saturated heterocycles. The number of benzene rings is 1. The van der Waals surface area contributed by atoms with Gasteiger partial charge in [0.2, 0.25) is 0 Å². The van der Waals surface area contributed by atoms with Gasteiger partial charge in [-0.25, -0.2) is 8.78 Å². The standard InChI is InChI=1S/C16H24F2N2/c1-16(2,20-9-5-3-4-6-10-20)15(19)13-11-12(17)7-8-14(13)18/h7-8,11,15H,3-6,9-10,19H2,1-2H3. The Morgan fingerprint density at radius 3 is 2.30 bits per heavy atom. The van der Waals surface area contributed by atoms with E-state index in [-0.39, 0.29) is 11.1 Å². The van der Waals surface area contributed by atoms with Crippen LogP contribution in [-0.2, 0) is 0 Å². The summed E-state index contributed by atoms with van der Waals surface area (Å²) in [4.78, 5) is 2.31. The van der Waals surface area contributed by atoms with Crippen molar-refractivity contribution in [1.82, 2.24) is 4.90 Å². The van der Waals surface area contributed by atoms with Crippen LogP contribution >= 0.6 is 0 Å². The Morgan fingerprint density at radius 1 is 1.10 bits per heavy atom. The summed E-state index contributed by atoms with van der Waals surface area (Å²) < 4.78 is 27.3. The molecule has 2 N–H and O–H groups in total. The zero-order valence-electron chi connectivity index (χ0n) is 12.3. The monoisotopic (exact) mass is 282 g/mol. The lowest BCUT2D eigenvalue weighted by Crippen LogP contribution is -2.51. The number of hydrogen-bond donors (Lipinski definition) is 1. The molecule has 0 bridgehead atoms. The first-order valence-electron chi connectivity index (χ1n) is 7.38. The molecule has 0 saturated carbocycles. The van der Waals surface area contributed by atoms with E-state index in [2.05, 4.69) is 4.90 Å². The molecule has 0 radical (unpaired) electrons. The lowest BCUT2D eigenvalue weighted by molar-refractivity contribution is 0.0966. The molecule has 20 heavy (non-hydrogen) atoms. The molecule has 0 spiro atoms. The maximum atomic E-state index is 13.9. The third kappa shape index (κ3) is 3.18. The summed E-state index contributed by atoms with van der Waals surface area (Å²) in [7, 11) is 0. The van der Waals surface area contributed by atoms with E-state index in [0.717, 1.165) is 38.1 Å². The van der Waals surface area contributed by atoms with Crippen molar-refractivity contribution in [3.63, 3.8) is 0 Å². The van der Waals surface area contributed by atoms with Gasteiger partial charge in [-0.15, -0.1) is 0 Å². The second-order valence-corrected chi connectivity index (χ2v) is 6.20. The van der Waals surface area contributed by atoms with Gasteiger partial charge in [0.1, 0.15) is 11.6 Å². The van der Waals surface area contributed by atoms with Crippen LogP contribution in [0.5, 0.6) is 0 Å². The van der Waals surface area contributed by atoms with Crippen molar-refractivity contribution in [2.24, 2.45) is 5.73 Å². The Balaban J connectivity index is 2.24. The molecule has 1 aromatic carbocycles. The van der Waals surface area contributed by atoms with E-state index in [4.69, 9.17) is 5.73 Å². The number of likely N-dealkylation sites (tertiary alicyclic amines) is 1. The molecule has 1 aliphatic rings. The maximum absolute atomic E-state index is 13.9. The van der Waals surface area contributed by atoms with Crippen LogP contribution in [0.4, 0.5) is 8.78 Å². The SMILES string of the molecule is CC(C)(C(N)c1cc(F)ccc1F)N1CCCCCC1. The Morgan fingerprint density at radius 2 is 1.70 bits per heavy atom. The first-order valence-corrected chi connectivity index (χ1v) is 7.38. The fraction of sp³-hybridized carbons (Fsp3) is 0.625. The van der Waals surface area contributed by atoms with E-state index < -0.39 is 17.7 Å². The van der Waals surface area contributed by atoms with Crippen LogP contribution < -0.4 is 5.73 Å². The largest absolute Gasteiger partial charge is 0.322 e. The Labute approximate surface area is 120 Å². The normalized spacial score (nSPS) is 19.6. The van der Waals surface area contributed by atoms with Gasteiger partial charge >= 0.3 is 0 Å². The predicted octanol–water partition coefficient (Wildman–Crippen LogP) is 3.62. The van der Waals surface area contributed by atoms with E-state index in [9.17, 15) is 8.78 Å². The molecule has 0 amide bonds. The molecule has 1 heterocycles. The van der Waals surface area contributed by atoms with E-state index >= 15 is 0 Å². The summed E-state index contributed by atoms with van der Waals surface area (Å²) in [5.74, 6) is -0.870. The average molecular weight is 282 g/mol. The number of halogens is 2. The highest BCUT2D eigenvalue weighted by atomic mass is 19.1. The van der Waals surface area contributed by atoms with Crippen molar-refractivity contribution in [2.45, 2.75) is 51.1 Å². The van der Waals surface area contributed by atoms with Crippen molar-refractivity contribution in [2.75, 3.05) is 13.1 Å². The molecular weight excluding hydrogens is 258 g/mol. The summed E-state index contributed by atoms with van der Waals surface area (Å²) in [6, 6.07) is 2.96. The van der Waals surface area contributed by atoms with Gasteiger partial charge in [0.05, 0.1) is 6.04 Å². The minimum absolute atomic E-state index is 0.263. The molecule has 1 aromatic rings. The molecule has 112 valence electrons. The minimum Gasteiger partial charge on any atom is -0.322 e. The zero-order valence-corrected chi connectivity index (χ0v) is 12.3. The number of nitrogens with zero attached hydrogens (tertiary/aromatic N) is 1. The van der Waals surface area contributed by atoms with Crippen LogP contribution in [0.3, 0.4) is 0 Å². The second kappa shape index (κ2) is 6.19. The molecule has 2 nitrogen and oxygen atoms in total. The third-order valence-electron chi connectivity index (χ3n) is 4.48. The molecule has 0 aromatic heterocycles. The molecule has 1 atom stereocenters. The molecule has 1 aliphatic heterocycles. The summed E-state index contributed by atoms with van der Waals surface area (Å²) in [5.41, 5.74) is 6.15. The fourth-order valence-electron chi connectivity index (χ4n) is 2.98. The Hall–Kier alpha value is -1.00. The second-order valence-electron chi connectivity index (χ2n) is 6.20. The van der Waals surface area contributed by atoms with Gasteiger partial charge in [-0.05, 0) is 58.0 Å². The summed E-state index contributed by atoms with van der Waals surface area (Å²) in [6.45, 7) is 5.98. The van der Waals surface area contributed by atoms with Gasteiger partial charge < -0.3 is 5.73 Å². The Bertz CT molecular complexity index is 452. The Kier molecular flexibility index (Phi) is 4.76. The van der Waals surface area contributed by atoms with Crippen molar-refractivity contribution in [3.05, 3.63) is 35.4 Å². The summed E-state index contributed by atoms with van der Waals surface area (Å²) in [5, 5.41) is 0. The minimum atomic E-state index is -0.545. The van der Waals surface area contributed by atoms with Crippen LogP contribution in [0.25, 0.3) is 0 Å². The van der Waals surface area contributed by atoms with Crippen molar-refractivity contribution in [3.8, 4) is 0 Å². The highest BCUT2D eigenvalue weighted by Crippen LogP contribution is 2.32. The first-order chi connectivity index (χ1) is 9.43. The lowest BCUT2D eigenvalue weighted by atomic mass is 9.87. The van der Waals surface area contributed by atoms with E-state index in [1.54, 1.807) is 0 Å². The van der Waals surface area contributed by atoms with Gasteiger partial charge in [0.25, 0.3) is 0 Å². The smallest absolute Gasteiger partial charge is 0.128 e. The van der Waals surface area contributed by atoms with Crippen LogP contribution in [0.2, 0.25) is 0 Å². The van der Waals surface area contributed by atoms with Gasteiger partial charge in [-0.1, -0.05) is 12.8 Å². The van der Waals surface area contributed by atoms with E-state index in [1.165, 1.54) is 18.9 Å². The predicted molar refractivity (Wildman–Crippen MR) is 77.4 cm³/mol. The molecule has 4 heteroatoms. The summed E-state index contributed by atoms with van der Waals surface area (Å²) in [6.07, 6.45) is 4.75. The van der Waals surface area contributed by atoms with Crippen molar-refractivity contribution >= 4 is 0 Å². The summed E-state index contributed by atoms with van der Waals surface area (Å²) >= 11 is 0. The van der Waals surface area contributed by atoms with Gasteiger partial charge in [0, 0.05) is 11.1 Å². The lowest BCUT2D eigenvalue weighted by Gasteiger charge is -2.42. The highest BCUT2D eigenvalue weighted by molar-refractivity contribution is 5.25. The average Bonchev–Trinajstić information content (AvgIpc) is 2.70. The van der Waals surface area contributed by atoms with Gasteiger partial charge in [-0.3, -0.25) is 4.90 Å². The maximum Gasteiger partial charge on any atom is 0.128 e. The molecular formula is C16H24F2N2. The van der Waals surface area contributed by atoms with Crippen LogP contribution in [0.15, 0.2) is 18.2 Å². The van der Waals surface area contributed by atoms with Gasteiger partial charge in [-0.2, -0.15) is 0 Å². The fourth-order valence-corrected chi connectivity index (χ4v) is 2.98. The molecule has 1 unspecified atom stereocenters. The van der Waals surface area contributed by atoms with Crippen molar-refractivity contribution < 1.29 is 8.78 Å². The zero-order chi connectivity index (χ0) is 14.8. The quantitative estimate of drug-likeness (QED) is 0.917. The van der Waals surface area contributed by atoms with Crippen molar-refractivity contribution in [1.29, 1.82) is 0 Å². The topological polar surface area (TPSA) is 29.3 Å². The van der Waals surface area contributed by atoms with Crippen LogP contribution in [-0.4, -0.2) is 23.5 Å². The first kappa shape index (κ1) is 15.4. The molecule has 0 aliphatic carbocycles. The number of hydrogen-bond acceptors (Lipinski definition) is 2. The number of nitrogens with two attached hydrogens (primary N) is 1.